The third kappa shape index (κ3) is 2.46. The fourth-order valence-corrected chi connectivity index (χ4v) is 5.35. The Labute approximate surface area is 138 Å². The summed E-state index contributed by atoms with van der Waals surface area (Å²) in [5, 5.41) is 13.1. The van der Waals surface area contributed by atoms with Gasteiger partial charge in [0.2, 0.25) is 0 Å². The van der Waals surface area contributed by atoms with E-state index in [0.29, 0.717) is 0 Å². The van der Waals surface area contributed by atoms with Gasteiger partial charge in [0, 0.05) is 5.56 Å². The quantitative estimate of drug-likeness (QED) is 0.563. The van der Waals surface area contributed by atoms with E-state index in [0.717, 1.165) is 35.0 Å². The standard InChI is InChI=1S/C16H12Br2OS/c1-9-6-7-10-4-2-3-5-11(10)14(9)15(19)12-8-13(17)20-16(12)18/h2-8,15,19H,1H3. The molecule has 3 rings (SSSR count). The third-order valence-electron chi connectivity index (χ3n) is 3.44. The average Bonchev–Trinajstić information content (AvgIpc) is 2.77. The van der Waals surface area contributed by atoms with Crippen molar-refractivity contribution in [3.63, 3.8) is 0 Å². The highest BCUT2D eigenvalue weighted by Gasteiger charge is 2.20. The smallest absolute Gasteiger partial charge is 0.107 e. The number of aliphatic hydroxyl groups is 1. The van der Waals surface area contributed by atoms with Crippen molar-refractivity contribution in [3.8, 4) is 0 Å². The number of aryl methyl sites for hydroxylation is 1. The molecule has 0 aliphatic carbocycles. The van der Waals surface area contributed by atoms with Crippen molar-refractivity contribution in [2.75, 3.05) is 0 Å². The first-order chi connectivity index (χ1) is 9.58. The van der Waals surface area contributed by atoms with E-state index >= 15 is 0 Å². The molecular weight excluding hydrogens is 400 g/mol. The number of aliphatic hydroxyl groups excluding tert-OH is 1. The van der Waals surface area contributed by atoms with Crippen LogP contribution in [-0.2, 0) is 0 Å². The summed E-state index contributed by atoms with van der Waals surface area (Å²) in [5.74, 6) is 0. The highest BCUT2D eigenvalue weighted by Crippen LogP contribution is 2.40. The molecule has 1 heterocycles. The van der Waals surface area contributed by atoms with Crippen LogP contribution in [0.2, 0.25) is 0 Å². The monoisotopic (exact) mass is 410 g/mol. The summed E-state index contributed by atoms with van der Waals surface area (Å²) in [6.07, 6.45) is -0.627. The Morgan fingerprint density at radius 1 is 1.10 bits per heavy atom. The molecule has 20 heavy (non-hydrogen) atoms. The Kier molecular flexibility index (Phi) is 4.00. The van der Waals surface area contributed by atoms with Gasteiger partial charge in [0.25, 0.3) is 0 Å². The lowest BCUT2D eigenvalue weighted by Crippen LogP contribution is -2.02. The zero-order chi connectivity index (χ0) is 14.3. The predicted octanol–water partition coefficient (Wildman–Crippen LogP) is 5.82. The molecular formula is C16H12Br2OS. The van der Waals surface area contributed by atoms with Crippen LogP contribution in [0.1, 0.15) is 22.8 Å². The summed E-state index contributed by atoms with van der Waals surface area (Å²) in [6.45, 7) is 2.04. The maximum Gasteiger partial charge on any atom is 0.107 e. The van der Waals surface area contributed by atoms with Crippen molar-refractivity contribution in [2.24, 2.45) is 0 Å². The van der Waals surface area contributed by atoms with Gasteiger partial charge in [0.1, 0.15) is 6.10 Å². The molecule has 1 aromatic heterocycles. The normalized spacial score (nSPS) is 12.8. The Bertz CT molecular complexity index is 779. The van der Waals surface area contributed by atoms with Gasteiger partial charge in [-0.15, -0.1) is 11.3 Å². The molecule has 0 fully saturated rings. The number of thiophene rings is 1. The molecule has 1 unspecified atom stereocenters. The minimum Gasteiger partial charge on any atom is -0.384 e. The Morgan fingerprint density at radius 2 is 1.85 bits per heavy atom. The second-order valence-electron chi connectivity index (χ2n) is 4.70. The Morgan fingerprint density at radius 3 is 2.55 bits per heavy atom. The van der Waals surface area contributed by atoms with Crippen LogP contribution in [0.4, 0.5) is 0 Å². The second-order valence-corrected chi connectivity index (χ2v) is 8.45. The molecule has 0 amide bonds. The zero-order valence-corrected chi connectivity index (χ0v) is 14.7. The van der Waals surface area contributed by atoms with Crippen molar-refractivity contribution in [1.29, 1.82) is 0 Å². The first-order valence-electron chi connectivity index (χ1n) is 6.19. The molecule has 1 N–H and O–H groups in total. The van der Waals surface area contributed by atoms with Crippen LogP contribution < -0.4 is 0 Å². The van der Waals surface area contributed by atoms with Crippen LogP contribution in [0.5, 0.6) is 0 Å². The van der Waals surface area contributed by atoms with E-state index in [1.54, 1.807) is 11.3 Å². The lowest BCUT2D eigenvalue weighted by Gasteiger charge is -2.16. The van der Waals surface area contributed by atoms with Crippen LogP contribution in [0.25, 0.3) is 10.8 Å². The second kappa shape index (κ2) is 5.60. The summed E-state index contributed by atoms with van der Waals surface area (Å²) in [7, 11) is 0. The van der Waals surface area contributed by atoms with Gasteiger partial charge in [-0.3, -0.25) is 0 Å². The van der Waals surface area contributed by atoms with Crippen molar-refractivity contribution < 1.29 is 5.11 Å². The van der Waals surface area contributed by atoms with Crippen LogP contribution in [-0.4, -0.2) is 5.11 Å². The third-order valence-corrected chi connectivity index (χ3v) is 5.83. The summed E-state index contributed by atoms with van der Waals surface area (Å²) >= 11 is 8.58. The number of hydrogen-bond acceptors (Lipinski definition) is 2. The maximum absolute atomic E-state index is 10.8. The van der Waals surface area contributed by atoms with Crippen molar-refractivity contribution in [1.82, 2.24) is 0 Å². The van der Waals surface area contributed by atoms with Gasteiger partial charge in [0.15, 0.2) is 0 Å². The predicted molar refractivity (Wildman–Crippen MR) is 92.5 cm³/mol. The number of rotatable bonds is 2. The van der Waals surface area contributed by atoms with Gasteiger partial charge in [-0.25, -0.2) is 0 Å². The zero-order valence-electron chi connectivity index (χ0n) is 10.7. The van der Waals surface area contributed by atoms with Gasteiger partial charge in [-0.2, -0.15) is 0 Å². The molecule has 0 aliphatic heterocycles. The minimum absolute atomic E-state index is 0.627. The van der Waals surface area contributed by atoms with Crippen LogP contribution in [0, 0.1) is 6.92 Å². The van der Waals surface area contributed by atoms with E-state index < -0.39 is 6.10 Å². The van der Waals surface area contributed by atoms with Gasteiger partial charge in [0.05, 0.1) is 7.57 Å². The van der Waals surface area contributed by atoms with E-state index in [9.17, 15) is 5.11 Å². The van der Waals surface area contributed by atoms with E-state index in [1.165, 1.54) is 0 Å². The number of halogens is 2. The first-order valence-corrected chi connectivity index (χ1v) is 8.59. The molecule has 0 aliphatic rings. The lowest BCUT2D eigenvalue weighted by atomic mass is 9.93. The molecule has 0 spiro atoms. The largest absolute Gasteiger partial charge is 0.384 e. The summed E-state index contributed by atoms with van der Waals surface area (Å²) in [5.41, 5.74) is 2.99. The molecule has 102 valence electrons. The molecule has 1 nitrogen and oxygen atoms in total. The molecule has 3 aromatic rings. The van der Waals surface area contributed by atoms with E-state index in [2.05, 4.69) is 56.1 Å². The number of fused-ring (bicyclic) bond motifs is 1. The number of hydrogen-bond donors (Lipinski definition) is 1. The molecule has 0 bridgehead atoms. The van der Waals surface area contributed by atoms with Gasteiger partial charge >= 0.3 is 0 Å². The molecule has 0 saturated heterocycles. The SMILES string of the molecule is Cc1ccc2ccccc2c1C(O)c1cc(Br)sc1Br. The first kappa shape index (κ1) is 14.3. The van der Waals surface area contributed by atoms with Crippen molar-refractivity contribution in [2.45, 2.75) is 13.0 Å². The molecule has 4 heteroatoms. The highest BCUT2D eigenvalue weighted by atomic mass is 79.9. The van der Waals surface area contributed by atoms with Crippen LogP contribution >= 0.6 is 43.2 Å². The molecule has 0 saturated carbocycles. The highest BCUT2D eigenvalue weighted by molar-refractivity contribution is 9.12. The van der Waals surface area contributed by atoms with E-state index in [4.69, 9.17) is 0 Å². The minimum atomic E-state index is -0.627. The van der Waals surface area contributed by atoms with E-state index in [-0.39, 0.29) is 0 Å². The van der Waals surface area contributed by atoms with Crippen LogP contribution in [0.15, 0.2) is 50.0 Å². The summed E-state index contributed by atoms with van der Waals surface area (Å²) < 4.78 is 1.97. The Hall–Kier alpha value is -0.680. The Balaban J connectivity index is 2.23. The fraction of sp³-hybridized carbons (Fsp3) is 0.125. The summed E-state index contributed by atoms with van der Waals surface area (Å²) in [6, 6.07) is 14.3. The lowest BCUT2D eigenvalue weighted by molar-refractivity contribution is 0.221. The van der Waals surface area contributed by atoms with Gasteiger partial charge < -0.3 is 5.11 Å². The van der Waals surface area contributed by atoms with Gasteiger partial charge in [-0.05, 0) is 66.7 Å². The molecule has 0 radical (unpaired) electrons. The van der Waals surface area contributed by atoms with Crippen molar-refractivity contribution in [3.05, 3.63) is 66.7 Å². The molecule has 2 aromatic carbocycles. The maximum atomic E-state index is 10.8. The van der Waals surface area contributed by atoms with E-state index in [1.807, 2.05) is 25.1 Å². The van der Waals surface area contributed by atoms with Crippen LogP contribution in [0.3, 0.4) is 0 Å². The fourth-order valence-electron chi connectivity index (χ4n) is 2.46. The molecule has 1 atom stereocenters. The summed E-state index contributed by atoms with van der Waals surface area (Å²) in [4.78, 5) is 0. The number of benzene rings is 2. The van der Waals surface area contributed by atoms with Crippen molar-refractivity contribution >= 4 is 54.0 Å². The van der Waals surface area contributed by atoms with Gasteiger partial charge in [-0.1, -0.05) is 36.4 Å². The topological polar surface area (TPSA) is 20.2 Å². The average molecular weight is 412 g/mol.